The lowest BCUT2D eigenvalue weighted by molar-refractivity contribution is 0.836. The molecule has 3 nitrogen and oxygen atoms in total. The lowest BCUT2D eigenvalue weighted by Crippen LogP contribution is -2.21. The normalized spacial score (nSPS) is 10.6. The number of nitrogens with zero attached hydrogens (tertiary/aromatic N) is 2. The summed E-state index contributed by atoms with van der Waals surface area (Å²) in [6.45, 7) is 4.63. The molecule has 16 heavy (non-hydrogen) atoms. The van der Waals surface area contributed by atoms with Gasteiger partial charge in [0.25, 0.3) is 0 Å². The fraction of sp³-hybridized carbons (Fsp3) is 0.364. The summed E-state index contributed by atoms with van der Waals surface area (Å²) in [6, 6.07) is 4.24. The van der Waals surface area contributed by atoms with Gasteiger partial charge in [-0.3, -0.25) is 0 Å². The second-order valence-corrected chi connectivity index (χ2v) is 5.53. The van der Waals surface area contributed by atoms with E-state index in [1.54, 1.807) is 22.7 Å². The van der Waals surface area contributed by atoms with Crippen molar-refractivity contribution in [1.82, 2.24) is 4.98 Å². The topological polar surface area (TPSA) is 42.2 Å². The van der Waals surface area contributed by atoms with Crippen molar-refractivity contribution in [2.24, 2.45) is 5.73 Å². The van der Waals surface area contributed by atoms with E-state index in [9.17, 15) is 0 Å². The number of thiophene rings is 1. The molecule has 0 aliphatic carbocycles. The Bertz CT molecular complexity index is 422. The Hall–Kier alpha value is -0.910. The van der Waals surface area contributed by atoms with Crippen molar-refractivity contribution >= 4 is 27.8 Å². The molecule has 0 saturated carbocycles. The minimum atomic E-state index is 0.578. The molecule has 0 aromatic carbocycles. The number of hydrogen-bond acceptors (Lipinski definition) is 5. The third-order valence-corrected chi connectivity index (χ3v) is 4.26. The molecule has 2 heterocycles. The van der Waals surface area contributed by atoms with E-state index in [0.717, 1.165) is 23.1 Å². The minimum absolute atomic E-state index is 0.578. The number of thiazole rings is 1. The van der Waals surface area contributed by atoms with Gasteiger partial charge in [0, 0.05) is 29.0 Å². The second kappa shape index (κ2) is 5.43. The zero-order valence-electron chi connectivity index (χ0n) is 9.22. The van der Waals surface area contributed by atoms with E-state index in [4.69, 9.17) is 5.73 Å². The van der Waals surface area contributed by atoms with E-state index in [-0.39, 0.29) is 0 Å². The molecule has 0 atom stereocenters. The quantitative estimate of drug-likeness (QED) is 0.891. The summed E-state index contributed by atoms with van der Waals surface area (Å²) in [4.78, 5) is 9.19. The van der Waals surface area contributed by atoms with Gasteiger partial charge < -0.3 is 10.6 Å². The van der Waals surface area contributed by atoms with Crippen LogP contribution in [0.25, 0.3) is 0 Å². The van der Waals surface area contributed by atoms with Crippen LogP contribution >= 0.6 is 22.7 Å². The van der Waals surface area contributed by atoms with Crippen LogP contribution < -0.4 is 10.6 Å². The Kier molecular flexibility index (Phi) is 3.93. The Balaban J connectivity index is 2.10. The molecule has 0 bridgehead atoms. The van der Waals surface area contributed by atoms with Crippen LogP contribution in [0, 0.1) is 0 Å². The van der Waals surface area contributed by atoms with Crippen molar-refractivity contribution in [2.45, 2.75) is 20.0 Å². The summed E-state index contributed by atoms with van der Waals surface area (Å²) in [5, 5.41) is 3.17. The van der Waals surface area contributed by atoms with Crippen molar-refractivity contribution in [3.05, 3.63) is 33.5 Å². The number of nitrogens with two attached hydrogens (primary N) is 1. The molecule has 2 aromatic heterocycles. The van der Waals surface area contributed by atoms with Gasteiger partial charge in [0.2, 0.25) is 0 Å². The first-order chi connectivity index (χ1) is 7.83. The third kappa shape index (κ3) is 2.61. The number of hydrogen-bond donors (Lipinski definition) is 1. The van der Waals surface area contributed by atoms with Crippen LogP contribution in [0.4, 0.5) is 5.13 Å². The monoisotopic (exact) mass is 253 g/mol. The first-order valence-corrected chi connectivity index (χ1v) is 6.95. The fourth-order valence-electron chi connectivity index (χ4n) is 1.44. The third-order valence-electron chi connectivity index (χ3n) is 2.32. The van der Waals surface area contributed by atoms with Gasteiger partial charge in [-0.05, 0) is 18.4 Å². The van der Waals surface area contributed by atoms with Crippen molar-refractivity contribution in [1.29, 1.82) is 0 Å². The highest BCUT2D eigenvalue weighted by molar-refractivity contribution is 7.15. The Morgan fingerprint density at radius 1 is 1.44 bits per heavy atom. The highest BCUT2D eigenvalue weighted by atomic mass is 32.1. The fourth-order valence-corrected chi connectivity index (χ4v) is 3.01. The lowest BCUT2D eigenvalue weighted by atomic mass is 10.4. The van der Waals surface area contributed by atoms with Crippen LogP contribution in [0.2, 0.25) is 0 Å². The molecule has 0 saturated heterocycles. The summed E-state index contributed by atoms with van der Waals surface area (Å²) in [5.74, 6) is 0. The molecule has 0 aliphatic heterocycles. The maximum atomic E-state index is 5.59. The zero-order valence-corrected chi connectivity index (χ0v) is 10.9. The Morgan fingerprint density at radius 2 is 2.31 bits per heavy atom. The van der Waals surface area contributed by atoms with Crippen molar-refractivity contribution in [3.8, 4) is 0 Å². The summed E-state index contributed by atoms with van der Waals surface area (Å²) >= 11 is 3.47. The average Bonchev–Trinajstić information content (AvgIpc) is 2.96. The first-order valence-electron chi connectivity index (χ1n) is 5.25. The Morgan fingerprint density at radius 3 is 2.88 bits per heavy atom. The number of anilines is 1. The van der Waals surface area contributed by atoms with Gasteiger partial charge in [0.15, 0.2) is 5.13 Å². The Labute approximate surface area is 104 Å². The van der Waals surface area contributed by atoms with Crippen molar-refractivity contribution in [3.63, 3.8) is 0 Å². The van der Waals surface area contributed by atoms with E-state index in [1.165, 1.54) is 4.88 Å². The van der Waals surface area contributed by atoms with Gasteiger partial charge in [-0.2, -0.15) is 0 Å². The summed E-state index contributed by atoms with van der Waals surface area (Å²) in [5.41, 5.74) is 5.59. The highest BCUT2D eigenvalue weighted by Gasteiger charge is 2.10. The van der Waals surface area contributed by atoms with Gasteiger partial charge >= 0.3 is 0 Å². The summed E-state index contributed by atoms with van der Waals surface area (Å²) in [6.07, 6.45) is 1.87. The predicted molar refractivity (Wildman–Crippen MR) is 71.0 cm³/mol. The average molecular weight is 253 g/mol. The maximum absolute atomic E-state index is 5.59. The van der Waals surface area contributed by atoms with Gasteiger partial charge in [-0.1, -0.05) is 6.07 Å². The van der Waals surface area contributed by atoms with Gasteiger partial charge in [-0.15, -0.1) is 22.7 Å². The predicted octanol–water partition coefficient (Wildman–Crippen LogP) is 2.69. The molecule has 0 amide bonds. The zero-order chi connectivity index (χ0) is 11.4. The molecule has 2 N–H and O–H groups in total. The molecule has 86 valence electrons. The standard InChI is InChI=1S/C11H15N3S2/c1-2-14(8-9-4-3-5-15-9)11-13-7-10(6-12)16-11/h3-5,7H,2,6,8,12H2,1H3. The molecule has 0 unspecified atom stereocenters. The van der Waals surface area contributed by atoms with Crippen LogP contribution in [0.3, 0.4) is 0 Å². The van der Waals surface area contributed by atoms with Gasteiger partial charge in [0.1, 0.15) is 0 Å². The van der Waals surface area contributed by atoms with E-state index >= 15 is 0 Å². The largest absolute Gasteiger partial charge is 0.343 e. The van der Waals surface area contributed by atoms with Crippen LogP contribution in [-0.2, 0) is 13.1 Å². The molecule has 0 spiro atoms. The van der Waals surface area contributed by atoms with Gasteiger partial charge in [-0.25, -0.2) is 4.98 Å². The van der Waals surface area contributed by atoms with Gasteiger partial charge in [0.05, 0.1) is 6.54 Å². The number of aromatic nitrogens is 1. The maximum Gasteiger partial charge on any atom is 0.185 e. The minimum Gasteiger partial charge on any atom is -0.343 e. The van der Waals surface area contributed by atoms with E-state index < -0.39 is 0 Å². The molecule has 0 radical (unpaired) electrons. The molecule has 0 fully saturated rings. The van der Waals surface area contributed by atoms with E-state index in [1.807, 2.05) is 6.20 Å². The molecule has 2 aromatic rings. The highest BCUT2D eigenvalue weighted by Crippen LogP contribution is 2.24. The molecule has 5 heteroatoms. The summed E-state index contributed by atoms with van der Waals surface area (Å²) in [7, 11) is 0. The smallest absolute Gasteiger partial charge is 0.185 e. The van der Waals surface area contributed by atoms with E-state index in [2.05, 4.69) is 34.3 Å². The van der Waals surface area contributed by atoms with Crippen LogP contribution in [-0.4, -0.2) is 11.5 Å². The lowest BCUT2D eigenvalue weighted by Gasteiger charge is -2.18. The SMILES string of the molecule is CCN(Cc1cccs1)c1ncc(CN)s1. The summed E-state index contributed by atoms with van der Waals surface area (Å²) < 4.78 is 0. The van der Waals surface area contributed by atoms with E-state index in [0.29, 0.717) is 6.54 Å². The van der Waals surface area contributed by atoms with Crippen LogP contribution in [0.15, 0.2) is 23.7 Å². The molecular weight excluding hydrogens is 238 g/mol. The molecule has 0 aliphatic rings. The van der Waals surface area contributed by atoms with Crippen molar-refractivity contribution in [2.75, 3.05) is 11.4 Å². The van der Waals surface area contributed by atoms with Crippen LogP contribution in [0.1, 0.15) is 16.7 Å². The van der Waals surface area contributed by atoms with Crippen LogP contribution in [0.5, 0.6) is 0 Å². The molecular formula is C11H15N3S2. The first kappa shape index (κ1) is 11.6. The van der Waals surface area contributed by atoms with Crippen molar-refractivity contribution < 1.29 is 0 Å². The second-order valence-electron chi connectivity index (χ2n) is 3.41. The molecule has 2 rings (SSSR count). The number of rotatable bonds is 5.